The molecule has 0 fully saturated rings. The van der Waals surface area contributed by atoms with Crippen molar-refractivity contribution in [1.29, 1.82) is 0 Å². The van der Waals surface area contributed by atoms with E-state index >= 15 is 0 Å². The number of nitrogens with zero attached hydrogens (tertiary/aromatic N) is 1. The van der Waals surface area contributed by atoms with E-state index in [9.17, 15) is 40.7 Å². The zero-order valence-corrected chi connectivity index (χ0v) is 18.0. The van der Waals surface area contributed by atoms with Crippen molar-refractivity contribution in [2.24, 2.45) is 0 Å². The Morgan fingerprint density at radius 3 is 2.03 bits per heavy atom. The molecule has 2 N–H and O–H groups in total. The first-order valence-electron chi connectivity index (χ1n) is 9.27. The summed E-state index contributed by atoms with van der Waals surface area (Å²) in [5.41, 5.74) is -3.36. The van der Waals surface area contributed by atoms with E-state index in [1.807, 2.05) is 5.32 Å². The van der Waals surface area contributed by atoms with Crippen LogP contribution in [0.2, 0.25) is 0 Å². The highest BCUT2D eigenvalue weighted by Crippen LogP contribution is 2.37. The van der Waals surface area contributed by atoms with E-state index in [2.05, 4.69) is 21.2 Å². The third-order valence-electron chi connectivity index (χ3n) is 4.62. The van der Waals surface area contributed by atoms with Gasteiger partial charge in [0, 0.05) is 23.2 Å². The van der Waals surface area contributed by atoms with Gasteiger partial charge in [0.1, 0.15) is 0 Å². The third-order valence-corrected chi connectivity index (χ3v) is 5.12. The Hall–Kier alpha value is -3.09. The Labute approximate surface area is 191 Å². The lowest BCUT2D eigenvalue weighted by Gasteiger charge is -2.16. The largest absolute Gasteiger partial charge is 0.416 e. The molecule has 2 aromatic rings. The van der Waals surface area contributed by atoms with Gasteiger partial charge in [-0.3, -0.25) is 14.5 Å². The summed E-state index contributed by atoms with van der Waals surface area (Å²) >= 11 is 3.21. The van der Waals surface area contributed by atoms with Gasteiger partial charge in [0.2, 0.25) is 0 Å². The molecule has 0 atom stereocenters. The van der Waals surface area contributed by atoms with E-state index in [1.54, 1.807) is 6.07 Å². The number of hydrogen-bond acceptors (Lipinski definition) is 3. The van der Waals surface area contributed by atoms with E-state index in [4.69, 9.17) is 0 Å². The molecule has 0 saturated carbocycles. The van der Waals surface area contributed by atoms with Crippen LogP contribution in [0.4, 0.5) is 36.8 Å². The molecule has 0 radical (unpaired) electrons. The van der Waals surface area contributed by atoms with Gasteiger partial charge in [-0.25, -0.2) is 4.79 Å². The third kappa shape index (κ3) is 5.64. The van der Waals surface area contributed by atoms with Crippen LogP contribution in [0.25, 0.3) is 0 Å². The standard InChI is InChI=1S/C20H14BrF6N3O3/c21-12-2-3-14-15(9-12)17(32)30(16(14)31)5-1-4-28-18(33)29-13-7-10(19(22,23)24)6-11(8-13)20(25,26)27/h2-3,6-9H,1,4-5H2,(H2,28,29,33). The predicted molar refractivity (Wildman–Crippen MR) is 108 cm³/mol. The molecule has 4 amide bonds. The quantitative estimate of drug-likeness (QED) is 0.309. The highest BCUT2D eigenvalue weighted by molar-refractivity contribution is 9.10. The van der Waals surface area contributed by atoms with Crippen molar-refractivity contribution in [2.45, 2.75) is 18.8 Å². The summed E-state index contributed by atoms with van der Waals surface area (Å²) in [7, 11) is 0. The van der Waals surface area contributed by atoms with Crippen molar-refractivity contribution in [2.75, 3.05) is 18.4 Å². The number of imide groups is 1. The number of hydrogen-bond donors (Lipinski definition) is 2. The molecule has 33 heavy (non-hydrogen) atoms. The maximum Gasteiger partial charge on any atom is 0.416 e. The Morgan fingerprint density at radius 1 is 0.879 bits per heavy atom. The molecule has 0 saturated heterocycles. The lowest BCUT2D eigenvalue weighted by Crippen LogP contribution is -2.35. The average molecular weight is 538 g/mol. The first-order chi connectivity index (χ1) is 15.3. The summed E-state index contributed by atoms with van der Waals surface area (Å²) in [5, 5.41) is 4.19. The Kier molecular flexibility index (Phi) is 6.73. The molecule has 0 spiro atoms. The second kappa shape index (κ2) is 9.04. The van der Waals surface area contributed by atoms with Crippen LogP contribution in [0.15, 0.2) is 40.9 Å². The van der Waals surface area contributed by atoms with Crippen molar-refractivity contribution < 1.29 is 40.7 Å². The molecule has 0 aromatic heterocycles. The highest BCUT2D eigenvalue weighted by Gasteiger charge is 2.37. The van der Waals surface area contributed by atoms with Gasteiger partial charge in [-0.05, 0) is 42.8 Å². The number of carbonyl (C=O) groups excluding carboxylic acids is 3. The molecule has 1 heterocycles. The van der Waals surface area contributed by atoms with Crippen molar-refractivity contribution in [3.63, 3.8) is 0 Å². The van der Waals surface area contributed by atoms with Crippen LogP contribution in [0.1, 0.15) is 38.3 Å². The van der Waals surface area contributed by atoms with Crippen molar-refractivity contribution in [1.82, 2.24) is 10.2 Å². The molecule has 176 valence electrons. The fraction of sp³-hybridized carbons (Fsp3) is 0.250. The van der Waals surface area contributed by atoms with E-state index < -0.39 is 47.0 Å². The van der Waals surface area contributed by atoms with Gasteiger partial charge in [-0.1, -0.05) is 15.9 Å². The van der Waals surface area contributed by atoms with Gasteiger partial charge in [-0.2, -0.15) is 26.3 Å². The number of alkyl halides is 6. The van der Waals surface area contributed by atoms with Crippen molar-refractivity contribution in [3.05, 3.63) is 63.1 Å². The summed E-state index contributed by atoms with van der Waals surface area (Å²) in [6, 6.07) is 4.27. The molecule has 1 aliphatic heterocycles. The molecule has 0 bridgehead atoms. The van der Waals surface area contributed by atoms with Crippen LogP contribution in [0.3, 0.4) is 0 Å². The number of fused-ring (bicyclic) bond motifs is 1. The average Bonchev–Trinajstić information content (AvgIpc) is 2.93. The number of anilines is 1. The maximum atomic E-state index is 12.9. The molecule has 6 nitrogen and oxygen atoms in total. The van der Waals surface area contributed by atoms with Crippen molar-refractivity contribution in [3.8, 4) is 0 Å². The fourth-order valence-corrected chi connectivity index (χ4v) is 3.47. The minimum atomic E-state index is -5.05. The molecule has 3 rings (SSSR count). The molecule has 0 unspecified atom stereocenters. The number of carbonyl (C=O) groups is 3. The van der Waals surface area contributed by atoms with E-state index in [1.165, 1.54) is 12.1 Å². The molecule has 1 aliphatic rings. The normalized spacial score (nSPS) is 13.8. The lowest BCUT2D eigenvalue weighted by molar-refractivity contribution is -0.143. The van der Waals surface area contributed by atoms with E-state index in [0.29, 0.717) is 16.6 Å². The number of amides is 4. The minimum absolute atomic E-state index is 0.0496. The number of rotatable bonds is 5. The topological polar surface area (TPSA) is 78.5 Å². The van der Waals surface area contributed by atoms with Gasteiger partial charge in [0.25, 0.3) is 11.8 Å². The van der Waals surface area contributed by atoms with E-state index in [0.717, 1.165) is 4.90 Å². The first-order valence-corrected chi connectivity index (χ1v) is 10.1. The Morgan fingerprint density at radius 2 is 1.45 bits per heavy atom. The first kappa shape index (κ1) is 24.6. The van der Waals surface area contributed by atoms with Crippen molar-refractivity contribution >= 4 is 39.5 Å². The summed E-state index contributed by atoms with van der Waals surface area (Å²) in [6.07, 6.45) is -9.98. The lowest BCUT2D eigenvalue weighted by atomic mass is 10.1. The van der Waals surface area contributed by atoms with Crippen LogP contribution in [0.5, 0.6) is 0 Å². The Balaban J connectivity index is 1.57. The monoisotopic (exact) mass is 537 g/mol. The Bertz CT molecular complexity index is 1080. The summed E-state index contributed by atoms with van der Waals surface area (Å²) < 4.78 is 78.0. The highest BCUT2D eigenvalue weighted by atomic mass is 79.9. The summed E-state index contributed by atoms with van der Waals surface area (Å²) in [6.45, 7) is -0.153. The van der Waals surface area contributed by atoms with Crippen LogP contribution in [0, 0.1) is 0 Å². The predicted octanol–water partition coefficient (Wildman–Crippen LogP) is 5.29. The summed E-state index contributed by atoms with van der Waals surface area (Å²) in [4.78, 5) is 37.6. The van der Waals surface area contributed by atoms with Gasteiger partial charge in [0.05, 0.1) is 22.3 Å². The SMILES string of the molecule is O=C(NCCCN1C(=O)c2ccc(Br)cc2C1=O)Nc1cc(C(F)(F)F)cc(C(F)(F)F)c1. The maximum absolute atomic E-state index is 12.9. The van der Waals surface area contributed by atoms with Crippen LogP contribution < -0.4 is 10.6 Å². The summed E-state index contributed by atoms with van der Waals surface area (Å²) in [5.74, 6) is -1.01. The van der Waals surface area contributed by atoms with Crippen LogP contribution >= 0.6 is 15.9 Å². The number of halogens is 7. The van der Waals surface area contributed by atoms with Crippen LogP contribution in [-0.4, -0.2) is 35.8 Å². The minimum Gasteiger partial charge on any atom is -0.338 e. The number of urea groups is 1. The number of benzene rings is 2. The van der Waals surface area contributed by atoms with Gasteiger partial charge in [0.15, 0.2) is 0 Å². The smallest absolute Gasteiger partial charge is 0.338 e. The van der Waals surface area contributed by atoms with Gasteiger partial charge >= 0.3 is 18.4 Å². The molecular weight excluding hydrogens is 524 g/mol. The zero-order valence-electron chi connectivity index (χ0n) is 16.4. The molecule has 0 aliphatic carbocycles. The van der Waals surface area contributed by atoms with Gasteiger partial charge < -0.3 is 10.6 Å². The number of nitrogens with one attached hydrogen (secondary N) is 2. The molecule has 13 heteroatoms. The second-order valence-electron chi connectivity index (χ2n) is 6.98. The van der Waals surface area contributed by atoms with E-state index in [-0.39, 0.29) is 36.7 Å². The zero-order chi connectivity index (χ0) is 24.6. The van der Waals surface area contributed by atoms with Gasteiger partial charge in [-0.15, -0.1) is 0 Å². The second-order valence-corrected chi connectivity index (χ2v) is 7.90. The molecular formula is C20H14BrF6N3O3. The van der Waals surface area contributed by atoms with Crippen LogP contribution in [-0.2, 0) is 12.4 Å². The fourth-order valence-electron chi connectivity index (χ4n) is 3.11. The molecule has 2 aromatic carbocycles.